The number of aliphatic hydroxyl groups excluding tert-OH is 1. The molecule has 0 bridgehead atoms. The molecule has 3 rings (SSSR count). The van der Waals surface area contributed by atoms with Crippen LogP contribution >= 0.6 is 0 Å². The molecule has 232 valence electrons. The summed E-state index contributed by atoms with van der Waals surface area (Å²) in [5, 5.41) is 20.0. The second kappa shape index (κ2) is 15.3. The van der Waals surface area contributed by atoms with E-state index in [9.17, 15) is 23.1 Å². The lowest BCUT2D eigenvalue weighted by atomic mass is 9.96. The van der Waals surface area contributed by atoms with Crippen molar-refractivity contribution < 1.29 is 32.6 Å². The summed E-state index contributed by atoms with van der Waals surface area (Å²) in [5.74, 6) is -0.178. The fraction of sp³-hybridized carbons (Fsp3) is 0.533. The van der Waals surface area contributed by atoms with Gasteiger partial charge in [0.05, 0.1) is 23.6 Å². The second-order valence-electron chi connectivity index (χ2n) is 11.1. The predicted octanol–water partition coefficient (Wildman–Crippen LogP) is 1.90. The number of amides is 2. The summed E-state index contributed by atoms with van der Waals surface area (Å²) in [7, 11) is -2.40. The predicted molar refractivity (Wildman–Crippen MR) is 160 cm³/mol. The number of benzene rings is 2. The van der Waals surface area contributed by atoms with Gasteiger partial charge in [-0.25, -0.2) is 8.42 Å². The van der Waals surface area contributed by atoms with Gasteiger partial charge in [-0.2, -0.15) is 4.31 Å². The first-order chi connectivity index (χ1) is 20.0. The Hall–Kier alpha value is -3.19. The van der Waals surface area contributed by atoms with Gasteiger partial charge in [0.15, 0.2) is 11.5 Å². The van der Waals surface area contributed by atoms with Gasteiger partial charge in [-0.3, -0.25) is 9.59 Å². The van der Waals surface area contributed by atoms with Crippen LogP contribution in [0.4, 0.5) is 0 Å². The number of carbonyl (C=O) groups excluding carboxylic acids is 2. The third-order valence-corrected chi connectivity index (χ3v) is 9.01. The zero-order valence-corrected chi connectivity index (χ0v) is 25.8. The van der Waals surface area contributed by atoms with E-state index in [1.807, 2.05) is 58.0 Å². The van der Waals surface area contributed by atoms with E-state index < -0.39 is 34.1 Å². The number of sulfonamides is 1. The summed E-state index contributed by atoms with van der Waals surface area (Å²) in [6.07, 6.45) is -0.368. The molecule has 4 atom stereocenters. The molecule has 0 saturated carbocycles. The van der Waals surface area contributed by atoms with E-state index in [4.69, 9.17) is 9.47 Å². The highest BCUT2D eigenvalue weighted by atomic mass is 32.2. The van der Waals surface area contributed by atoms with Crippen molar-refractivity contribution in [2.45, 2.75) is 63.6 Å². The van der Waals surface area contributed by atoms with Gasteiger partial charge >= 0.3 is 0 Å². The molecule has 12 heteroatoms. The number of carbonyl (C=O) groups is 2. The van der Waals surface area contributed by atoms with Gasteiger partial charge in [-0.15, -0.1) is 0 Å². The molecule has 42 heavy (non-hydrogen) atoms. The van der Waals surface area contributed by atoms with Crippen LogP contribution in [0.25, 0.3) is 0 Å². The number of fused-ring (bicyclic) bond motifs is 1. The molecule has 1 unspecified atom stereocenters. The average molecular weight is 605 g/mol. The highest BCUT2D eigenvalue weighted by Gasteiger charge is 2.34. The number of nitrogens with one attached hydrogen (secondary N) is 3. The van der Waals surface area contributed by atoms with Crippen LogP contribution in [0.5, 0.6) is 11.5 Å². The lowest BCUT2D eigenvalue weighted by molar-refractivity contribution is -0.130. The molecule has 2 aromatic carbocycles. The summed E-state index contributed by atoms with van der Waals surface area (Å²) in [6, 6.07) is 12.1. The van der Waals surface area contributed by atoms with Crippen LogP contribution in [0.15, 0.2) is 53.4 Å². The molecule has 0 saturated heterocycles. The first-order valence-electron chi connectivity index (χ1n) is 14.3. The Morgan fingerprint density at radius 2 is 1.69 bits per heavy atom. The Kier molecular flexibility index (Phi) is 12.2. The third-order valence-electron chi connectivity index (χ3n) is 7.18. The lowest BCUT2D eigenvalue weighted by Crippen LogP contribution is -2.57. The number of rotatable bonds is 16. The number of aliphatic hydroxyl groups is 1. The van der Waals surface area contributed by atoms with Crippen LogP contribution in [0.2, 0.25) is 0 Å². The molecule has 0 aliphatic carbocycles. The lowest BCUT2D eigenvalue weighted by Gasteiger charge is -2.32. The summed E-state index contributed by atoms with van der Waals surface area (Å²) < 4.78 is 39.6. The van der Waals surface area contributed by atoms with Gasteiger partial charge < -0.3 is 30.5 Å². The minimum absolute atomic E-state index is 0.0151. The van der Waals surface area contributed by atoms with E-state index in [2.05, 4.69) is 16.0 Å². The van der Waals surface area contributed by atoms with Crippen molar-refractivity contribution in [1.29, 1.82) is 0 Å². The van der Waals surface area contributed by atoms with Crippen LogP contribution in [0.1, 0.15) is 39.7 Å². The van der Waals surface area contributed by atoms with E-state index in [0.29, 0.717) is 17.9 Å². The number of hydrogen-bond donors (Lipinski definition) is 4. The first-order valence-corrected chi connectivity index (χ1v) is 15.8. The molecule has 1 aliphatic rings. The van der Waals surface area contributed by atoms with Gasteiger partial charge in [0.2, 0.25) is 28.6 Å². The smallest absolute Gasteiger partial charge is 0.243 e. The third kappa shape index (κ3) is 8.90. The van der Waals surface area contributed by atoms with Gasteiger partial charge in [0.1, 0.15) is 6.04 Å². The summed E-state index contributed by atoms with van der Waals surface area (Å²) >= 11 is 0. The van der Waals surface area contributed by atoms with Crippen LogP contribution in [-0.2, 0) is 26.0 Å². The van der Waals surface area contributed by atoms with E-state index >= 15 is 0 Å². The minimum atomic E-state index is -4.04. The van der Waals surface area contributed by atoms with Crippen LogP contribution < -0.4 is 25.4 Å². The van der Waals surface area contributed by atoms with Gasteiger partial charge in [-0.05, 0) is 43.0 Å². The monoisotopic (exact) mass is 604 g/mol. The van der Waals surface area contributed by atoms with E-state index in [0.717, 1.165) is 5.56 Å². The van der Waals surface area contributed by atoms with Crippen molar-refractivity contribution in [2.75, 3.05) is 33.5 Å². The molecule has 0 spiro atoms. The Balaban J connectivity index is 1.89. The number of nitrogens with zero attached hydrogens (tertiary/aromatic N) is 1. The average Bonchev–Trinajstić information content (AvgIpc) is 3.43. The standard InChI is InChI=1S/C30H44N4O7S/c1-6-21(4)29(33-28(36)16-31-5)30(37)32-24(14-22-10-8-7-9-11-22)25(35)18-34(17-20(2)3)42(38,39)23-12-13-26-27(15-23)41-19-40-26/h7-13,15,20-21,24-25,29,31,35H,6,14,16-19H2,1-5H3,(H,32,37)(H,33,36)/t21?,24-,25+,29-/m0/s1. The number of likely N-dealkylation sites (N-methyl/N-ethyl adjacent to an activating group) is 1. The van der Waals surface area contributed by atoms with Crippen molar-refractivity contribution in [3.63, 3.8) is 0 Å². The Morgan fingerprint density at radius 3 is 2.33 bits per heavy atom. The van der Waals surface area contributed by atoms with E-state index in [1.165, 1.54) is 16.4 Å². The number of hydrogen-bond acceptors (Lipinski definition) is 8. The SMILES string of the molecule is CCC(C)[C@H](NC(=O)CNC)C(=O)N[C@@H](Cc1ccccc1)[C@H](O)CN(CC(C)C)S(=O)(=O)c1ccc2c(c1)OCO2. The summed E-state index contributed by atoms with van der Waals surface area (Å²) in [4.78, 5) is 25.9. The van der Waals surface area contributed by atoms with Crippen molar-refractivity contribution >= 4 is 21.8 Å². The Bertz CT molecular complexity index is 1290. The van der Waals surface area contributed by atoms with Crippen molar-refractivity contribution in [2.24, 2.45) is 11.8 Å². The van der Waals surface area contributed by atoms with E-state index in [-0.39, 0.29) is 55.5 Å². The largest absolute Gasteiger partial charge is 0.454 e. The maximum atomic E-state index is 13.8. The molecule has 0 radical (unpaired) electrons. The molecule has 2 amide bonds. The molecule has 4 N–H and O–H groups in total. The fourth-order valence-corrected chi connectivity index (χ4v) is 6.35. The maximum absolute atomic E-state index is 13.8. The quantitative estimate of drug-likeness (QED) is 0.227. The van der Waals surface area contributed by atoms with Gasteiger partial charge in [0, 0.05) is 19.2 Å². The van der Waals surface area contributed by atoms with Crippen molar-refractivity contribution in [1.82, 2.24) is 20.3 Å². The zero-order valence-electron chi connectivity index (χ0n) is 25.0. The van der Waals surface area contributed by atoms with Crippen molar-refractivity contribution in [3.8, 4) is 11.5 Å². The Labute approximate surface area is 249 Å². The summed E-state index contributed by atoms with van der Waals surface area (Å²) in [6.45, 7) is 7.54. The zero-order chi connectivity index (χ0) is 30.9. The summed E-state index contributed by atoms with van der Waals surface area (Å²) in [5.41, 5.74) is 0.857. The molecule has 2 aromatic rings. The van der Waals surface area contributed by atoms with Gasteiger partial charge in [-0.1, -0.05) is 64.4 Å². The Morgan fingerprint density at radius 1 is 1.00 bits per heavy atom. The molecule has 1 heterocycles. The van der Waals surface area contributed by atoms with Crippen LogP contribution in [0, 0.1) is 11.8 Å². The van der Waals surface area contributed by atoms with E-state index in [1.54, 1.807) is 13.1 Å². The highest BCUT2D eigenvalue weighted by molar-refractivity contribution is 7.89. The first kappa shape index (κ1) is 33.3. The molecule has 0 aromatic heterocycles. The number of ether oxygens (including phenoxy) is 2. The maximum Gasteiger partial charge on any atom is 0.243 e. The van der Waals surface area contributed by atoms with Crippen LogP contribution in [0.3, 0.4) is 0 Å². The molecule has 0 fully saturated rings. The van der Waals surface area contributed by atoms with Crippen LogP contribution in [-0.4, -0.2) is 81.3 Å². The minimum Gasteiger partial charge on any atom is -0.454 e. The normalized spacial score (nSPS) is 15.7. The topological polar surface area (TPSA) is 146 Å². The highest BCUT2D eigenvalue weighted by Crippen LogP contribution is 2.35. The molecular weight excluding hydrogens is 560 g/mol. The molecular formula is C30H44N4O7S. The second-order valence-corrected chi connectivity index (χ2v) is 13.0. The van der Waals surface area contributed by atoms with Crippen molar-refractivity contribution in [3.05, 3.63) is 54.1 Å². The molecule has 1 aliphatic heterocycles. The fourth-order valence-electron chi connectivity index (χ4n) is 4.71. The van der Waals surface area contributed by atoms with Gasteiger partial charge in [0.25, 0.3) is 0 Å². The molecule has 11 nitrogen and oxygen atoms in total.